The molecule has 1 aliphatic heterocycles. The summed E-state index contributed by atoms with van der Waals surface area (Å²) in [5.41, 5.74) is 0. The highest BCUT2D eigenvalue weighted by Crippen LogP contribution is 2.11. The molecule has 64 valence electrons. The number of hydrogen-bond acceptors (Lipinski definition) is 4. The van der Waals surface area contributed by atoms with Crippen LogP contribution in [0.15, 0.2) is 0 Å². The third-order valence-corrected chi connectivity index (χ3v) is 1.85. The van der Waals surface area contributed by atoms with E-state index in [1.165, 1.54) is 0 Å². The number of aliphatic hydroxyl groups is 3. The summed E-state index contributed by atoms with van der Waals surface area (Å²) in [5, 5.41) is 29.1. The van der Waals surface area contributed by atoms with Crippen LogP contribution in [0.1, 0.15) is 0 Å². The number of rotatable bonds is 1. The van der Waals surface area contributed by atoms with Gasteiger partial charge < -0.3 is 20.6 Å². The highest BCUT2D eigenvalue weighted by molar-refractivity contribution is 5.82. The molecule has 0 unspecified atom stereocenters. The first kappa shape index (κ1) is 8.45. The molecule has 1 fully saturated rings. The monoisotopic (exact) mass is 161 g/mol. The zero-order chi connectivity index (χ0) is 8.43. The summed E-state index contributed by atoms with van der Waals surface area (Å²) in [7, 11) is 0. The molecular formula is C6H11NO4. The average Bonchev–Trinajstić information content (AvgIpc) is 2.01. The van der Waals surface area contributed by atoms with Gasteiger partial charge in [0.2, 0.25) is 0 Å². The Balaban J connectivity index is 2.59. The van der Waals surface area contributed by atoms with Gasteiger partial charge in [0, 0.05) is 12.5 Å². The molecule has 0 saturated carbocycles. The molecule has 0 bridgehead atoms. The lowest BCUT2D eigenvalue weighted by Gasteiger charge is -2.30. The maximum atomic E-state index is 10.7. The number of nitrogens with one attached hydrogen (secondary N) is 1. The maximum Gasteiger partial charge on any atom is 0.251 e. The number of piperidine rings is 1. The third-order valence-electron chi connectivity index (χ3n) is 1.85. The standard InChI is InChI=1S/C6H11NO4/c8-2-3-1-7-6(11)5(10)4(3)9/h3-5,8-10H,1-2H2,(H,7,11)/t3-,4+,5+/m1/s1. The van der Waals surface area contributed by atoms with Crippen LogP contribution in [0.3, 0.4) is 0 Å². The first-order valence-electron chi connectivity index (χ1n) is 3.41. The van der Waals surface area contributed by atoms with E-state index >= 15 is 0 Å². The average molecular weight is 161 g/mol. The fraction of sp³-hybridized carbons (Fsp3) is 0.833. The fourth-order valence-electron chi connectivity index (χ4n) is 1.04. The summed E-state index contributed by atoms with van der Waals surface area (Å²) < 4.78 is 0. The van der Waals surface area contributed by atoms with E-state index in [0.717, 1.165) is 0 Å². The first-order valence-corrected chi connectivity index (χ1v) is 3.41. The van der Waals surface area contributed by atoms with Gasteiger partial charge >= 0.3 is 0 Å². The largest absolute Gasteiger partial charge is 0.396 e. The SMILES string of the molecule is O=C1NC[C@H](CO)[C@H](O)[C@@H]1O. The van der Waals surface area contributed by atoms with Gasteiger partial charge in [-0.3, -0.25) is 4.79 Å². The third kappa shape index (κ3) is 1.50. The predicted octanol–water partition coefficient (Wildman–Crippen LogP) is -2.55. The van der Waals surface area contributed by atoms with Crippen LogP contribution in [0, 0.1) is 5.92 Å². The van der Waals surface area contributed by atoms with E-state index in [9.17, 15) is 4.79 Å². The Hall–Kier alpha value is -0.650. The van der Waals surface area contributed by atoms with E-state index in [0.29, 0.717) is 0 Å². The minimum absolute atomic E-state index is 0.216. The van der Waals surface area contributed by atoms with Gasteiger partial charge in [0.1, 0.15) is 0 Å². The molecule has 3 atom stereocenters. The highest BCUT2D eigenvalue weighted by Gasteiger charge is 2.35. The topological polar surface area (TPSA) is 89.8 Å². The van der Waals surface area contributed by atoms with Gasteiger partial charge in [0.05, 0.1) is 12.7 Å². The van der Waals surface area contributed by atoms with Crippen molar-refractivity contribution in [1.29, 1.82) is 0 Å². The highest BCUT2D eigenvalue weighted by atomic mass is 16.3. The van der Waals surface area contributed by atoms with Gasteiger partial charge in [0.15, 0.2) is 6.10 Å². The fourth-order valence-corrected chi connectivity index (χ4v) is 1.04. The predicted molar refractivity (Wildman–Crippen MR) is 35.6 cm³/mol. The number of carbonyl (C=O) groups is 1. The van der Waals surface area contributed by atoms with Crippen LogP contribution in [0.5, 0.6) is 0 Å². The van der Waals surface area contributed by atoms with E-state index in [-0.39, 0.29) is 13.2 Å². The molecule has 0 spiro atoms. The van der Waals surface area contributed by atoms with Crippen LogP contribution >= 0.6 is 0 Å². The summed E-state index contributed by atoms with van der Waals surface area (Å²) in [6.07, 6.45) is -2.55. The second-order valence-electron chi connectivity index (χ2n) is 2.62. The van der Waals surface area contributed by atoms with E-state index in [1.54, 1.807) is 0 Å². The van der Waals surface area contributed by atoms with E-state index in [1.807, 2.05) is 0 Å². The molecule has 0 radical (unpaired) electrons. The van der Waals surface area contributed by atoms with Crippen molar-refractivity contribution in [2.75, 3.05) is 13.2 Å². The number of hydrogen-bond donors (Lipinski definition) is 4. The maximum absolute atomic E-state index is 10.7. The number of amides is 1. The van der Waals surface area contributed by atoms with Crippen molar-refractivity contribution in [3.8, 4) is 0 Å². The van der Waals surface area contributed by atoms with E-state index in [2.05, 4.69) is 5.32 Å². The zero-order valence-corrected chi connectivity index (χ0v) is 5.90. The smallest absolute Gasteiger partial charge is 0.251 e. The van der Waals surface area contributed by atoms with Gasteiger partial charge in [-0.05, 0) is 0 Å². The first-order chi connectivity index (χ1) is 5.16. The van der Waals surface area contributed by atoms with Crippen LogP contribution in [-0.4, -0.2) is 46.6 Å². The lowest BCUT2D eigenvalue weighted by Crippen LogP contribution is -2.55. The van der Waals surface area contributed by atoms with Crippen LogP contribution in [0.4, 0.5) is 0 Å². The molecule has 0 aliphatic carbocycles. The van der Waals surface area contributed by atoms with Crippen molar-refractivity contribution < 1.29 is 20.1 Å². The summed E-state index contributed by atoms with van der Waals surface area (Å²) >= 11 is 0. The Bertz CT molecular complexity index is 161. The van der Waals surface area contributed by atoms with Gasteiger partial charge in [-0.25, -0.2) is 0 Å². The van der Waals surface area contributed by atoms with E-state index < -0.39 is 24.0 Å². The lowest BCUT2D eigenvalue weighted by atomic mass is 9.94. The van der Waals surface area contributed by atoms with Crippen molar-refractivity contribution in [3.63, 3.8) is 0 Å². The molecule has 1 aliphatic rings. The number of carbonyl (C=O) groups excluding carboxylic acids is 1. The van der Waals surface area contributed by atoms with Gasteiger partial charge in [0.25, 0.3) is 5.91 Å². The van der Waals surface area contributed by atoms with Crippen molar-refractivity contribution in [3.05, 3.63) is 0 Å². The molecule has 0 aromatic heterocycles. The lowest BCUT2D eigenvalue weighted by molar-refractivity contribution is -0.144. The Labute approximate surface area is 63.7 Å². The van der Waals surface area contributed by atoms with Crippen molar-refractivity contribution in [2.24, 2.45) is 5.92 Å². The molecule has 1 saturated heterocycles. The van der Waals surface area contributed by atoms with Crippen LogP contribution in [-0.2, 0) is 4.79 Å². The number of aliphatic hydroxyl groups excluding tert-OH is 3. The quantitative estimate of drug-likeness (QED) is 0.341. The van der Waals surface area contributed by atoms with Crippen LogP contribution in [0.2, 0.25) is 0 Å². The van der Waals surface area contributed by atoms with Crippen molar-refractivity contribution in [2.45, 2.75) is 12.2 Å². The Morgan fingerprint density at radius 1 is 1.55 bits per heavy atom. The second kappa shape index (κ2) is 3.17. The molecule has 4 N–H and O–H groups in total. The van der Waals surface area contributed by atoms with Gasteiger partial charge in [-0.2, -0.15) is 0 Å². The molecule has 5 heteroatoms. The minimum atomic E-state index is -1.40. The Morgan fingerprint density at radius 3 is 2.73 bits per heavy atom. The summed E-state index contributed by atoms with van der Waals surface area (Å²) in [5.74, 6) is -1.04. The molecule has 1 rings (SSSR count). The van der Waals surface area contributed by atoms with Gasteiger partial charge in [-0.1, -0.05) is 0 Å². The van der Waals surface area contributed by atoms with Crippen LogP contribution in [0.25, 0.3) is 0 Å². The second-order valence-corrected chi connectivity index (χ2v) is 2.62. The molecule has 0 aromatic carbocycles. The van der Waals surface area contributed by atoms with Crippen molar-refractivity contribution in [1.82, 2.24) is 5.32 Å². The Morgan fingerprint density at radius 2 is 2.18 bits per heavy atom. The normalized spacial score (nSPS) is 38.5. The summed E-state index contributed by atoms with van der Waals surface area (Å²) in [6.45, 7) is -0.0218. The molecule has 0 aromatic rings. The summed E-state index contributed by atoms with van der Waals surface area (Å²) in [6, 6.07) is 0. The molecular weight excluding hydrogens is 150 g/mol. The summed E-state index contributed by atoms with van der Waals surface area (Å²) in [4.78, 5) is 10.7. The molecule has 11 heavy (non-hydrogen) atoms. The zero-order valence-electron chi connectivity index (χ0n) is 5.90. The van der Waals surface area contributed by atoms with Crippen molar-refractivity contribution >= 4 is 5.91 Å². The molecule has 1 amide bonds. The van der Waals surface area contributed by atoms with E-state index in [4.69, 9.17) is 15.3 Å². The van der Waals surface area contributed by atoms with Gasteiger partial charge in [-0.15, -0.1) is 0 Å². The molecule has 5 nitrogen and oxygen atoms in total. The minimum Gasteiger partial charge on any atom is -0.396 e. The van der Waals surface area contributed by atoms with Crippen LogP contribution < -0.4 is 5.32 Å². The Kier molecular flexibility index (Phi) is 2.43. The molecule has 1 heterocycles.